The second-order valence-electron chi connectivity index (χ2n) is 3.52. The van der Waals surface area contributed by atoms with E-state index in [9.17, 15) is 0 Å². The Balaban J connectivity index is 2.36. The van der Waals surface area contributed by atoms with Crippen molar-refractivity contribution in [1.82, 2.24) is 4.98 Å². The van der Waals surface area contributed by atoms with Crippen molar-refractivity contribution in [2.24, 2.45) is 5.73 Å². The Hall–Kier alpha value is -1.26. The van der Waals surface area contributed by atoms with Gasteiger partial charge in [0.25, 0.3) is 0 Å². The molecular formula is C12H12N2S2. The van der Waals surface area contributed by atoms with Gasteiger partial charge in [0.05, 0.1) is 10.7 Å². The van der Waals surface area contributed by atoms with Crippen LogP contribution in [0.4, 0.5) is 0 Å². The van der Waals surface area contributed by atoms with E-state index in [0.717, 1.165) is 16.3 Å². The molecule has 2 aromatic rings. The third kappa shape index (κ3) is 2.46. The second kappa shape index (κ2) is 4.72. The first-order chi connectivity index (χ1) is 7.66. The van der Waals surface area contributed by atoms with Gasteiger partial charge in [-0.3, -0.25) is 0 Å². The molecule has 2 nitrogen and oxygen atoms in total. The maximum absolute atomic E-state index is 5.52. The van der Waals surface area contributed by atoms with Gasteiger partial charge in [-0.15, -0.1) is 11.3 Å². The Bertz CT molecular complexity index is 503. The topological polar surface area (TPSA) is 38.9 Å². The number of aryl methyl sites for hydroxylation is 1. The minimum atomic E-state index is 0.494. The van der Waals surface area contributed by atoms with E-state index >= 15 is 0 Å². The van der Waals surface area contributed by atoms with Gasteiger partial charge in [0.2, 0.25) is 0 Å². The molecule has 0 bridgehead atoms. The van der Waals surface area contributed by atoms with Crippen LogP contribution in [0.5, 0.6) is 0 Å². The predicted molar refractivity (Wildman–Crippen MR) is 72.8 cm³/mol. The van der Waals surface area contributed by atoms with Gasteiger partial charge in [-0.1, -0.05) is 42.5 Å². The average molecular weight is 248 g/mol. The van der Waals surface area contributed by atoms with Gasteiger partial charge in [0.1, 0.15) is 5.01 Å². The van der Waals surface area contributed by atoms with Gasteiger partial charge < -0.3 is 5.73 Å². The highest BCUT2D eigenvalue weighted by molar-refractivity contribution is 7.80. The molecule has 0 radical (unpaired) electrons. The summed E-state index contributed by atoms with van der Waals surface area (Å²) in [5.74, 6) is 0. The van der Waals surface area contributed by atoms with E-state index in [1.54, 1.807) is 11.3 Å². The zero-order valence-corrected chi connectivity index (χ0v) is 10.6. The smallest absolute Gasteiger partial charge is 0.100 e. The van der Waals surface area contributed by atoms with E-state index in [1.807, 2.05) is 18.2 Å². The van der Waals surface area contributed by atoms with Crippen molar-refractivity contribution in [2.45, 2.75) is 13.3 Å². The van der Waals surface area contributed by atoms with E-state index in [1.165, 1.54) is 4.88 Å². The Morgan fingerprint density at radius 1 is 1.38 bits per heavy atom. The highest BCUT2D eigenvalue weighted by Crippen LogP contribution is 2.27. The lowest BCUT2D eigenvalue weighted by molar-refractivity contribution is 1.22. The molecule has 1 heterocycles. The third-order valence-electron chi connectivity index (χ3n) is 2.21. The first-order valence-corrected chi connectivity index (χ1v) is 6.19. The van der Waals surface area contributed by atoms with Crippen molar-refractivity contribution in [1.29, 1.82) is 0 Å². The van der Waals surface area contributed by atoms with Crippen LogP contribution in [-0.2, 0) is 6.42 Å². The molecule has 2 N–H and O–H groups in total. The maximum Gasteiger partial charge on any atom is 0.100 e. The summed E-state index contributed by atoms with van der Waals surface area (Å²) in [7, 11) is 0. The van der Waals surface area contributed by atoms with E-state index in [2.05, 4.69) is 24.0 Å². The van der Waals surface area contributed by atoms with Gasteiger partial charge in [-0.25, -0.2) is 4.98 Å². The molecule has 0 saturated carbocycles. The predicted octanol–water partition coefficient (Wildman–Crippen LogP) is 2.95. The molecule has 0 atom stereocenters. The molecule has 0 aliphatic rings. The van der Waals surface area contributed by atoms with Crippen molar-refractivity contribution >= 4 is 28.5 Å². The number of thiocarbonyl (C=S) groups is 1. The van der Waals surface area contributed by atoms with Gasteiger partial charge in [0.15, 0.2) is 0 Å². The minimum absolute atomic E-state index is 0.494. The van der Waals surface area contributed by atoms with E-state index in [0.29, 0.717) is 11.4 Å². The standard InChI is InChI=1S/C12H12N2S2/c1-8-12(9-5-3-2-4-6-9)14-11(16-8)7-10(13)15/h2-6H,7H2,1H3,(H2,13,15). The van der Waals surface area contributed by atoms with E-state index in [-0.39, 0.29) is 0 Å². The van der Waals surface area contributed by atoms with Crippen LogP contribution < -0.4 is 5.73 Å². The third-order valence-corrected chi connectivity index (χ3v) is 3.33. The molecule has 0 fully saturated rings. The number of benzene rings is 1. The highest BCUT2D eigenvalue weighted by Gasteiger charge is 2.09. The number of nitrogens with two attached hydrogens (primary N) is 1. The van der Waals surface area contributed by atoms with E-state index < -0.39 is 0 Å². The number of aromatic nitrogens is 1. The lowest BCUT2D eigenvalue weighted by Crippen LogP contribution is -2.10. The molecule has 0 aliphatic heterocycles. The number of thiazole rings is 1. The highest BCUT2D eigenvalue weighted by atomic mass is 32.1. The molecule has 16 heavy (non-hydrogen) atoms. The first-order valence-electron chi connectivity index (χ1n) is 4.97. The van der Waals surface area contributed by atoms with Crippen molar-refractivity contribution < 1.29 is 0 Å². The van der Waals surface area contributed by atoms with Gasteiger partial charge in [-0.2, -0.15) is 0 Å². The second-order valence-corrected chi connectivity index (χ2v) is 5.33. The molecule has 0 spiro atoms. The lowest BCUT2D eigenvalue weighted by atomic mass is 10.1. The summed E-state index contributed by atoms with van der Waals surface area (Å²) in [6.45, 7) is 2.07. The number of rotatable bonds is 3. The number of nitrogens with zero attached hydrogens (tertiary/aromatic N) is 1. The molecule has 2 rings (SSSR count). The minimum Gasteiger partial charge on any atom is -0.393 e. The zero-order valence-electron chi connectivity index (χ0n) is 8.93. The summed E-state index contributed by atoms with van der Waals surface area (Å²) in [5.41, 5.74) is 7.70. The summed E-state index contributed by atoms with van der Waals surface area (Å²) in [5, 5.41) is 0.990. The van der Waals surface area contributed by atoms with Crippen LogP contribution in [0.3, 0.4) is 0 Å². The molecule has 1 aromatic heterocycles. The Morgan fingerprint density at radius 2 is 2.06 bits per heavy atom. The van der Waals surface area contributed by atoms with Gasteiger partial charge in [0, 0.05) is 16.9 Å². The first kappa shape index (κ1) is 11.2. The Labute approximate surface area is 104 Å². The molecule has 0 amide bonds. The fourth-order valence-corrected chi connectivity index (χ4v) is 2.75. The number of hydrogen-bond donors (Lipinski definition) is 1. The van der Waals surface area contributed by atoms with Crippen molar-refractivity contribution in [3.05, 3.63) is 40.2 Å². The van der Waals surface area contributed by atoms with Crippen LogP contribution in [0.15, 0.2) is 30.3 Å². The quantitative estimate of drug-likeness (QED) is 0.849. The van der Waals surface area contributed by atoms with Crippen LogP contribution >= 0.6 is 23.6 Å². The summed E-state index contributed by atoms with van der Waals surface area (Å²) in [6.07, 6.45) is 0.591. The molecule has 0 aliphatic carbocycles. The molecule has 0 unspecified atom stereocenters. The molecule has 82 valence electrons. The van der Waals surface area contributed by atoms with Crippen molar-refractivity contribution in [3.8, 4) is 11.3 Å². The molecule has 4 heteroatoms. The van der Waals surface area contributed by atoms with E-state index in [4.69, 9.17) is 18.0 Å². The van der Waals surface area contributed by atoms with Gasteiger partial charge >= 0.3 is 0 Å². The average Bonchev–Trinajstić information content (AvgIpc) is 2.60. The summed E-state index contributed by atoms with van der Waals surface area (Å²) >= 11 is 6.55. The SMILES string of the molecule is Cc1sc(CC(N)=S)nc1-c1ccccc1. The summed E-state index contributed by atoms with van der Waals surface area (Å²) in [6, 6.07) is 10.2. The largest absolute Gasteiger partial charge is 0.393 e. The van der Waals surface area contributed by atoms with Crippen LogP contribution in [0.2, 0.25) is 0 Å². The van der Waals surface area contributed by atoms with Crippen molar-refractivity contribution in [3.63, 3.8) is 0 Å². The fraction of sp³-hybridized carbons (Fsp3) is 0.167. The Morgan fingerprint density at radius 3 is 2.69 bits per heavy atom. The summed E-state index contributed by atoms with van der Waals surface area (Å²) in [4.78, 5) is 6.27. The van der Waals surface area contributed by atoms with Crippen LogP contribution in [-0.4, -0.2) is 9.97 Å². The normalized spacial score (nSPS) is 10.3. The zero-order chi connectivity index (χ0) is 11.5. The molecule has 1 aromatic carbocycles. The monoisotopic (exact) mass is 248 g/mol. The molecular weight excluding hydrogens is 236 g/mol. The maximum atomic E-state index is 5.52. The number of hydrogen-bond acceptors (Lipinski definition) is 3. The van der Waals surface area contributed by atoms with Crippen LogP contribution in [0, 0.1) is 6.92 Å². The van der Waals surface area contributed by atoms with Gasteiger partial charge in [-0.05, 0) is 6.92 Å². The van der Waals surface area contributed by atoms with Crippen LogP contribution in [0.25, 0.3) is 11.3 Å². The van der Waals surface area contributed by atoms with Crippen molar-refractivity contribution in [2.75, 3.05) is 0 Å². The fourth-order valence-electron chi connectivity index (χ4n) is 1.54. The summed E-state index contributed by atoms with van der Waals surface area (Å²) < 4.78 is 0. The van der Waals surface area contributed by atoms with Crippen LogP contribution in [0.1, 0.15) is 9.88 Å². The Kier molecular flexibility index (Phi) is 3.31. The lowest BCUT2D eigenvalue weighted by Gasteiger charge is -1.96. The molecule has 0 saturated heterocycles.